The van der Waals surface area contributed by atoms with E-state index in [-0.39, 0.29) is 19.1 Å². The highest BCUT2D eigenvalue weighted by atomic mass is 19.1. The molecule has 1 amide bonds. The summed E-state index contributed by atoms with van der Waals surface area (Å²) >= 11 is 0. The molecule has 1 heterocycles. The van der Waals surface area contributed by atoms with E-state index in [0.717, 1.165) is 0 Å². The molecular weight excluding hydrogens is 265 g/mol. The molecule has 1 saturated heterocycles. The molecule has 110 valence electrons. The molecule has 2 rings (SSSR count). The molecule has 5 nitrogen and oxygen atoms in total. The summed E-state index contributed by atoms with van der Waals surface area (Å²) in [6.45, 7) is 0.941. The van der Waals surface area contributed by atoms with Gasteiger partial charge in [0.1, 0.15) is 11.6 Å². The van der Waals surface area contributed by atoms with Crippen molar-refractivity contribution in [3.8, 4) is 5.75 Å². The van der Waals surface area contributed by atoms with E-state index in [4.69, 9.17) is 9.47 Å². The van der Waals surface area contributed by atoms with Gasteiger partial charge in [-0.2, -0.15) is 0 Å². The zero-order valence-corrected chi connectivity index (χ0v) is 11.1. The first-order valence-corrected chi connectivity index (χ1v) is 6.53. The molecule has 0 radical (unpaired) electrons. The molecule has 0 spiro atoms. The number of benzene rings is 1. The van der Waals surface area contributed by atoms with Crippen LogP contribution in [0.2, 0.25) is 0 Å². The van der Waals surface area contributed by atoms with Crippen molar-refractivity contribution in [2.24, 2.45) is 0 Å². The second kappa shape index (κ2) is 6.67. The lowest BCUT2D eigenvalue weighted by molar-refractivity contribution is -0.125. The highest BCUT2D eigenvalue weighted by molar-refractivity contribution is 5.77. The normalized spacial score (nSPS) is 17.5. The maximum atomic E-state index is 12.9. The maximum absolute atomic E-state index is 12.9. The number of carbonyl (C=O) groups excluding carboxylic acids is 1. The number of rotatable bonds is 5. The Morgan fingerprint density at radius 2 is 2.20 bits per heavy atom. The predicted molar refractivity (Wildman–Crippen MR) is 69.9 cm³/mol. The van der Waals surface area contributed by atoms with E-state index < -0.39 is 11.4 Å². The van der Waals surface area contributed by atoms with Gasteiger partial charge in [0.15, 0.2) is 6.61 Å². The largest absolute Gasteiger partial charge is 0.484 e. The van der Waals surface area contributed by atoms with Crippen molar-refractivity contribution in [3.05, 3.63) is 30.1 Å². The van der Waals surface area contributed by atoms with Crippen LogP contribution in [0.1, 0.15) is 12.8 Å². The topological polar surface area (TPSA) is 67.8 Å². The summed E-state index contributed by atoms with van der Waals surface area (Å²) in [5, 5.41) is 12.8. The fraction of sp³-hybridized carbons (Fsp3) is 0.500. The molecule has 1 aromatic carbocycles. The molecular formula is C14H18FNO4. The third-order valence-corrected chi connectivity index (χ3v) is 3.20. The molecule has 0 bridgehead atoms. The standard InChI is InChI=1S/C14H18FNO4/c15-11-2-1-3-12(8-11)20-9-13(17)16-10-14(18)4-6-19-7-5-14/h1-3,8,18H,4-7,9-10H2,(H,16,17). The lowest BCUT2D eigenvalue weighted by atomic mass is 9.94. The van der Waals surface area contributed by atoms with E-state index in [1.807, 2.05) is 0 Å². The quantitative estimate of drug-likeness (QED) is 0.841. The first kappa shape index (κ1) is 14.7. The van der Waals surface area contributed by atoms with E-state index >= 15 is 0 Å². The summed E-state index contributed by atoms with van der Waals surface area (Å²) in [7, 11) is 0. The zero-order valence-electron chi connectivity index (χ0n) is 11.1. The van der Waals surface area contributed by atoms with Crippen molar-refractivity contribution in [1.29, 1.82) is 0 Å². The summed E-state index contributed by atoms with van der Waals surface area (Å²) in [4.78, 5) is 11.6. The van der Waals surface area contributed by atoms with Gasteiger partial charge >= 0.3 is 0 Å². The Labute approximate surface area is 116 Å². The zero-order chi connectivity index (χ0) is 14.4. The van der Waals surface area contributed by atoms with Crippen LogP contribution in [0.3, 0.4) is 0 Å². The van der Waals surface area contributed by atoms with Gasteiger partial charge in [-0.15, -0.1) is 0 Å². The first-order chi connectivity index (χ1) is 9.57. The number of carbonyl (C=O) groups is 1. The van der Waals surface area contributed by atoms with E-state index in [1.165, 1.54) is 18.2 Å². The second-order valence-corrected chi connectivity index (χ2v) is 4.86. The fourth-order valence-electron chi connectivity index (χ4n) is 1.95. The van der Waals surface area contributed by atoms with Gasteiger partial charge in [-0.25, -0.2) is 4.39 Å². The SMILES string of the molecule is O=C(COc1cccc(F)c1)NCC1(O)CCOCC1. The van der Waals surface area contributed by atoms with E-state index in [1.54, 1.807) is 6.07 Å². The molecule has 0 aliphatic carbocycles. The Kier molecular flexibility index (Phi) is 4.92. The Morgan fingerprint density at radius 3 is 2.90 bits per heavy atom. The highest BCUT2D eigenvalue weighted by Gasteiger charge is 2.30. The van der Waals surface area contributed by atoms with Gasteiger partial charge in [0.2, 0.25) is 0 Å². The average Bonchev–Trinajstić information content (AvgIpc) is 2.44. The van der Waals surface area contributed by atoms with Crippen LogP contribution < -0.4 is 10.1 Å². The molecule has 1 fully saturated rings. The fourth-order valence-corrected chi connectivity index (χ4v) is 1.95. The minimum Gasteiger partial charge on any atom is -0.484 e. The molecule has 2 N–H and O–H groups in total. The summed E-state index contributed by atoms with van der Waals surface area (Å²) in [6, 6.07) is 5.59. The monoisotopic (exact) mass is 283 g/mol. The molecule has 0 aromatic heterocycles. The number of amides is 1. The van der Waals surface area contributed by atoms with Gasteiger partial charge in [0.25, 0.3) is 5.91 Å². The van der Waals surface area contributed by atoms with Gasteiger partial charge in [-0.1, -0.05) is 6.07 Å². The third-order valence-electron chi connectivity index (χ3n) is 3.20. The Bertz CT molecular complexity index is 460. The smallest absolute Gasteiger partial charge is 0.258 e. The van der Waals surface area contributed by atoms with E-state index in [0.29, 0.717) is 31.8 Å². The van der Waals surface area contributed by atoms with Crippen LogP contribution in [0.15, 0.2) is 24.3 Å². The van der Waals surface area contributed by atoms with Crippen LogP contribution >= 0.6 is 0 Å². The number of hydrogen-bond acceptors (Lipinski definition) is 4. The summed E-state index contributed by atoms with van der Waals surface area (Å²) in [5.74, 6) is -0.474. The highest BCUT2D eigenvalue weighted by Crippen LogP contribution is 2.19. The van der Waals surface area contributed by atoms with Crippen LogP contribution in [0.25, 0.3) is 0 Å². The Hall–Kier alpha value is -1.66. The molecule has 1 aromatic rings. The van der Waals surface area contributed by atoms with Crippen molar-refractivity contribution in [2.45, 2.75) is 18.4 Å². The minimum atomic E-state index is -0.910. The Balaban J connectivity index is 1.72. The number of hydrogen-bond donors (Lipinski definition) is 2. The number of aliphatic hydroxyl groups is 1. The summed E-state index contributed by atoms with van der Waals surface area (Å²) < 4.78 is 23.2. The van der Waals surface area contributed by atoms with Crippen molar-refractivity contribution >= 4 is 5.91 Å². The van der Waals surface area contributed by atoms with E-state index in [2.05, 4.69) is 5.32 Å². The molecule has 0 atom stereocenters. The van der Waals surface area contributed by atoms with Gasteiger partial charge in [0, 0.05) is 38.7 Å². The van der Waals surface area contributed by atoms with Gasteiger partial charge in [-0.05, 0) is 12.1 Å². The molecule has 0 unspecified atom stereocenters. The molecule has 1 aliphatic heterocycles. The summed E-state index contributed by atoms with van der Waals surface area (Å²) in [6.07, 6.45) is 0.996. The molecule has 1 aliphatic rings. The predicted octanol–water partition coefficient (Wildman–Crippen LogP) is 0.862. The molecule has 20 heavy (non-hydrogen) atoms. The second-order valence-electron chi connectivity index (χ2n) is 4.86. The number of ether oxygens (including phenoxy) is 2. The third kappa shape index (κ3) is 4.47. The van der Waals surface area contributed by atoms with Crippen LogP contribution in [0.4, 0.5) is 4.39 Å². The van der Waals surface area contributed by atoms with Crippen LogP contribution in [0.5, 0.6) is 5.75 Å². The van der Waals surface area contributed by atoms with E-state index in [9.17, 15) is 14.3 Å². The lowest BCUT2D eigenvalue weighted by Gasteiger charge is -2.32. The van der Waals surface area contributed by atoms with Crippen molar-refractivity contribution in [3.63, 3.8) is 0 Å². The van der Waals surface area contributed by atoms with Crippen LogP contribution in [-0.2, 0) is 9.53 Å². The number of halogens is 1. The van der Waals surface area contributed by atoms with Crippen LogP contribution in [-0.4, -0.2) is 43.0 Å². The van der Waals surface area contributed by atoms with Gasteiger partial charge in [0.05, 0.1) is 5.60 Å². The molecule has 6 heteroatoms. The average molecular weight is 283 g/mol. The van der Waals surface area contributed by atoms with Crippen molar-refractivity contribution in [1.82, 2.24) is 5.32 Å². The first-order valence-electron chi connectivity index (χ1n) is 6.53. The van der Waals surface area contributed by atoms with Crippen molar-refractivity contribution < 1.29 is 23.8 Å². The van der Waals surface area contributed by atoms with Gasteiger partial charge in [-0.3, -0.25) is 4.79 Å². The Morgan fingerprint density at radius 1 is 1.45 bits per heavy atom. The van der Waals surface area contributed by atoms with Gasteiger partial charge < -0.3 is 19.9 Å². The minimum absolute atomic E-state index is 0.168. The maximum Gasteiger partial charge on any atom is 0.258 e. The number of nitrogens with one attached hydrogen (secondary N) is 1. The van der Waals surface area contributed by atoms with Crippen molar-refractivity contribution in [2.75, 3.05) is 26.4 Å². The molecule has 0 saturated carbocycles. The summed E-state index contributed by atoms with van der Waals surface area (Å²) in [5.41, 5.74) is -0.910. The lowest BCUT2D eigenvalue weighted by Crippen LogP contribution is -2.47. The van der Waals surface area contributed by atoms with Crippen LogP contribution in [0, 0.1) is 5.82 Å².